The average molecular weight is 280 g/mol. The summed E-state index contributed by atoms with van der Waals surface area (Å²) in [5.41, 5.74) is 0. The highest BCUT2D eigenvalue weighted by atomic mass is 35.5. The molecule has 18 heavy (non-hydrogen) atoms. The quantitative estimate of drug-likeness (QED) is 0.888. The van der Waals surface area contributed by atoms with Gasteiger partial charge in [0, 0.05) is 13.1 Å². The number of halogens is 3. The molecule has 9 heteroatoms. The van der Waals surface area contributed by atoms with Gasteiger partial charge in [-0.25, -0.2) is 8.78 Å². The molecule has 0 spiro atoms. The fourth-order valence-corrected chi connectivity index (χ4v) is 1.65. The van der Waals surface area contributed by atoms with Crippen molar-refractivity contribution in [3.8, 4) is 0 Å². The normalized spacial score (nSPS) is 16.1. The maximum Gasteiger partial charge on any atom is 0.255 e. The molecular formula is C9H12ClF2N5O. The number of nitrogens with one attached hydrogen (secondary N) is 1. The third-order valence-corrected chi connectivity index (χ3v) is 2.47. The van der Waals surface area contributed by atoms with Crippen LogP contribution >= 0.6 is 11.6 Å². The zero-order chi connectivity index (χ0) is 13.0. The Bertz CT molecular complexity index is 403. The van der Waals surface area contributed by atoms with Crippen LogP contribution in [-0.2, 0) is 4.74 Å². The molecule has 0 unspecified atom stereocenters. The molecule has 2 rings (SSSR count). The Morgan fingerprint density at radius 1 is 1.28 bits per heavy atom. The minimum Gasteiger partial charge on any atom is -0.378 e. The molecule has 0 radical (unpaired) electrons. The maximum absolute atomic E-state index is 12.1. The molecule has 1 aliphatic rings. The van der Waals surface area contributed by atoms with Gasteiger partial charge in [0.15, 0.2) is 0 Å². The Morgan fingerprint density at radius 2 is 2.00 bits per heavy atom. The van der Waals surface area contributed by atoms with Gasteiger partial charge in [-0.05, 0) is 11.6 Å². The summed E-state index contributed by atoms with van der Waals surface area (Å²) in [5, 5.41) is 2.39. The van der Waals surface area contributed by atoms with Gasteiger partial charge >= 0.3 is 0 Å². The minimum absolute atomic E-state index is 0.0248. The Balaban J connectivity index is 2.09. The molecule has 0 amide bonds. The largest absolute Gasteiger partial charge is 0.378 e. The number of anilines is 2. The van der Waals surface area contributed by atoms with Gasteiger partial charge in [0.05, 0.1) is 19.8 Å². The van der Waals surface area contributed by atoms with Gasteiger partial charge in [-0.15, -0.1) is 0 Å². The first-order valence-corrected chi connectivity index (χ1v) is 5.79. The van der Waals surface area contributed by atoms with Crippen LogP contribution in [0, 0.1) is 0 Å². The number of hydrogen-bond donors (Lipinski definition) is 1. The molecule has 2 heterocycles. The van der Waals surface area contributed by atoms with Crippen LogP contribution < -0.4 is 10.2 Å². The molecule has 1 aliphatic heterocycles. The maximum atomic E-state index is 12.1. The summed E-state index contributed by atoms with van der Waals surface area (Å²) in [6.45, 7) is 1.89. The van der Waals surface area contributed by atoms with E-state index >= 15 is 0 Å². The number of morpholine rings is 1. The van der Waals surface area contributed by atoms with E-state index < -0.39 is 13.0 Å². The molecule has 1 aromatic rings. The number of rotatable bonds is 4. The number of ether oxygens (including phenoxy) is 1. The van der Waals surface area contributed by atoms with Crippen molar-refractivity contribution in [2.75, 3.05) is 43.1 Å². The molecular weight excluding hydrogens is 268 g/mol. The first-order valence-electron chi connectivity index (χ1n) is 5.41. The second kappa shape index (κ2) is 6.05. The molecule has 0 atom stereocenters. The van der Waals surface area contributed by atoms with Crippen molar-refractivity contribution in [1.82, 2.24) is 15.0 Å². The van der Waals surface area contributed by atoms with Gasteiger partial charge in [-0.1, -0.05) is 0 Å². The summed E-state index contributed by atoms with van der Waals surface area (Å²) in [6, 6.07) is 0. The molecule has 0 aromatic carbocycles. The van der Waals surface area contributed by atoms with Crippen molar-refractivity contribution in [2.45, 2.75) is 6.43 Å². The minimum atomic E-state index is -2.48. The molecule has 0 bridgehead atoms. The van der Waals surface area contributed by atoms with Crippen molar-refractivity contribution in [1.29, 1.82) is 0 Å². The summed E-state index contributed by atoms with van der Waals surface area (Å²) in [7, 11) is 0. The van der Waals surface area contributed by atoms with E-state index in [-0.39, 0.29) is 11.2 Å². The lowest BCUT2D eigenvalue weighted by atomic mass is 10.4. The van der Waals surface area contributed by atoms with E-state index in [1.165, 1.54) is 0 Å². The number of alkyl halides is 2. The van der Waals surface area contributed by atoms with Crippen LogP contribution in [0.25, 0.3) is 0 Å². The highest BCUT2D eigenvalue weighted by Gasteiger charge is 2.16. The van der Waals surface area contributed by atoms with Crippen LogP contribution in [0.15, 0.2) is 0 Å². The molecule has 0 aliphatic carbocycles. The van der Waals surface area contributed by atoms with Crippen molar-refractivity contribution in [3.05, 3.63) is 5.28 Å². The molecule has 6 nitrogen and oxygen atoms in total. The summed E-state index contributed by atoms with van der Waals surface area (Å²) in [6.07, 6.45) is -2.48. The van der Waals surface area contributed by atoms with Gasteiger partial charge in [-0.2, -0.15) is 15.0 Å². The summed E-state index contributed by atoms with van der Waals surface area (Å²) < 4.78 is 29.4. The van der Waals surface area contributed by atoms with Gasteiger partial charge in [0.2, 0.25) is 17.2 Å². The van der Waals surface area contributed by atoms with E-state index in [1.54, 1.807) is 0 Å². The molecule has 1 N–H and O–H groups in total. The van der Waals surface area contributed by atoms with Crippen molar-refractivity contribution < 1.29 is 13.5 Å². The van der Waals surface area contributed by atoms with Crippen LogP contribution in [0.5, 0.6) is 0 Å². The molecule has 0 saturated carbocycles. The van der Waals surface area contributed by atoms with Crippen LogP contribution in [0.3, 0.4) is 0 Å². The monoisotopic (exact) mass is 279 g/mol. The highest BCUT2D eigenvalue weighted by molar-refractivity contribution is 6.28. The molecule has 1 saturated heterocycles. The standard InChI is InChI=1S/C9H12ClF2N5O/c10-7-14-8(13-5-6(11)12)16-9(15-7)17-1-3-18-4-2-17/h6H,1-5H2,(H,13,14,15,16). The summed E-state index contributed by atoms with van der Waals surface area (Å²) in [5.74, 6) is 0.423. The van der Waals surface area contributed by atoms with Crippen molar-refractivity contribution >= 4 is 23.5 Å². The van der Waals surface area contributed by atoms with E-state index in [0.717, 1.165) is 0 Å². The third-order valence-electron chi connectivity index (χ3n) is 2.30. The fourth-order valence-electron chi connectivity index (χ4n) is 1.49. The van der Waals surface area contributed by atoms with E-state index in [0.29, 0.717) is 32.3 Å². The Kier molecular flexibility index (Phi) is 4.43. The van der Waals surface area contributed by atoms with Crippen LogP contribution in [0.4, 0.5) is 20.7 Å². The van der Waals surface area contributed by atoms with E-state index in [2.05, 4.69) is 20.3 Å². The number of nitrogens with zero attached hydrogens (tertiary/aromatic N) is 4. The first kappa shape index (κ1) is 13.2. The van der Waals surface area contributed by atoms with Crippen LogP contribution in [0.2, 0.25) is 5.28 Å². The first-order chi connectivity index (χ1) is 8.65. The predicted molar refractivity (Wildman–Crippen MR) is 62.4 cm³/mol. The van der Waals surface area contributed by atoms with Gasteiger partial charge in [0.1, 0.15) is 0 Å². The number of aromatic nitrogens is 3. The lowest BCUT2D eigenvalue weighted by molar-refractivity contribution is 0.122. The molecule has 1 fully saturated rings. The Hall–Kier alpha value is -1.28. The molecule has 1 aromatic heterocycles. The predicted octanol–water partition coefficient (Wildman–Crippen LogP) is 1.04. The summed E-state index contributed by atoms with van der Waals surface area (Å²) in [4.78, 5) is 13.6. The smallest absolute Gasteiger partial charge is 0.255 e. The van der Waals surface area contributed by atoms with Gasteiger partial charge in [0.25, 0.3) is 6.43 Å². The lowest BCUT2D eigenvalue weighted by Crippen LogP contribution is -2.37. The van der Waals surface area contributed by atoms with Gasteiger partial charge in [-0.3, -0.25) is 0 Å². The SMILES string of the molecule is FC(F)CNc1nc(Cl)nc(N2CCOCC2)n1. The zero-order valence-corrected chi connectivity index (χ0v) is 10.2. The van der Waals surface area contributed by atoms with E-state index in [4.69, 9.17) is 16.3 Å². The van der Waals surface area contributed by atoms with Crippen LogP contribution in [0.1, 0.15) is 0 Å². The zero-order valence-electron chi connectivity index (χ0n) is 9.44. The average Bonchev–Trinajstić information content (AvgIpc) is 2.37. The second-order valence-corrected chi connectivity index (χ2v) is 3.94. The van der Waals surface area contributed by atoms with Gasteiger partial charge < -0.3 is 15.0 Å². The lowest BCUT2D eigenvalue weighted by Gasteiger charge is -2.26. The van der Waals surface area contributed by atoms with Crippen LogP contribution in [-0.4, -0.2) is 54.2 Å². The summed E-state index contributed by atoms with van der Waals surface area (Å²) >= 11 is 5.74. The van der Waals surface area contributed by atoms with E-state index in [9.17, 15) is 8.78 Å². The second-order valence-electron chi connectivity index (χ2n) is 3.60. The van der Waals surface area contributed by atoms with Crippen molar-refractivity contribution in [3.63, 3.8) is 0 Å². The fraction of sp³-hybridized carbons (Fsp3) is 0.667. The Morgan fingerprint density at radius 3 is 2.67 bits per heavy atom. The van der Waals surface area contributed by atoms with E-state index in [1.807, 2.05) is 4.90 Å². The highest BCUT2D eigenvalue weighted by Crippen LogP contribution is 2.15. The topological polar surface area (TPSA) is 63.2 Å². The Labute approximate surface area is 107 Å². The number of hydrogen-bond acceptors (Lipinski definition) is 6. The third kappa shape index (κ3) is 3.61. The van der Waals surface area contributed by atoms with Crippen molar-refractivity contribution in [2.24, 2.45) is 0 Å². The molecule has 100 valence electrons.